The first-order valence-electron chi connectivity index (χ1n) is 5.74. The lowest BCUT2D eigenvalue weighted by molar-refractivity contribution is 0.141. The Morgan fingerprint density at radius 1 is 1.19 bits per heavy atom. The van der Waals surface area contributed by atoms with Crippen LogP contribution in [0.3, 0.4) is 0 Å². The van der Waals surface area contributed by atoms with Crippen molar-refractivity contribution in [3.63, 3.8) is 0 Å². The molecular formula is C13H18ClNO. The van der Waals surface area contributed by atoms with Crippen molar-refractivity contribution in [1.29, 1.82) is 0 Å². The minimum Gasteiger partial charge on any atom is -0.396 e. The lowest BCUT2D eigenvalue weighted by Gasteiger charge is -1.98. The Kier molecular flexibility index (Phi) is 6.66. The van der Waals surface area contributed by atoms with Gasteiger partial charge in [-0.25, -0.2) is 0 Å². The van der Waals surface area contributed by atoms with E-state index in [4.69, 9.17) is 16.4 Å². The van der Waals surface area contributed by atoms with Gasteiger partial charge in [0.15, 0.2) is 0 Å². The van der Waals surface area contributed by atoms with Crippen molar-refractivity contribution >= 4 is 17.8 Å². The summed E-state index contributed by atoms with van der Waals surface area (Å²) in [6.07, 6.45) is 6.51. The fraction of sp³-hybridized carbons (Fsp3) is 0.462. The van der Waals surface area contributed by atoms with Crippen LogP contribution in [0, 0.1) is 0 Å². The van der Waals surface area contributed by atoms with E-state index in [0.29, 0.717) is 6.61 Å². The molecule has 3 heteroatoms. The van der Waals surface area contributed by atoms with Crippen LogP contribution in [0.25, 0.3) is 0 Å². The van der Waals surface area contributed by atoms with E-state index in [-0.39, 0.29) is 0 Å². The Morgan fingerprint density at radius 2 is 1.94 bits per heavy atom. The zero-order chi connectivity index (χ0) is 11.6. The molecule has 0 aliphatic heterocycles. The molecule has 0 aromatic heterocycles. The molecule has 0 aliphatic carbocycles. The largest absolute Gasteiger partial charge is 0.396 e. The Labute approximate surface area is 102 Å². The number of benzene rings is 1. The van der Waals surface area contributed by atoms with Gasteiger partial charge in [0.25, 0.3) is 0 Å². The molecule has 0 saturated heterocycles. The zero-order valence-electron chi connectivity index (χ0n) is 9.66. The minimum absolute atomic E-state index is 0.699. The van der Waals surface area contributed by atoms with Crippen LogP contribution in [0.4, 0.5) is 0 Å². The summed E-state index contributed by atoms with van der Waals surface area (Å²) >= 11 is 5.77. The van der Waals surface area contributed by atoms with E-state index in [0.717, 1.165) is 17.0 Å². The Morgan fingerprint density at radius 3 is 2.62 bits per heavy atom. The first kappa shape index (κ1) is 13.0. The monoisotopic (exact) mass is 239 g/mol. The molecular weight excluding hydrogens is 222 g/mol. The third kappa shape index (κ3) is 5.76. The van der Waals surface area contributed by atoms with Gasteiger partial charge >= 0.3 is 0 Å². The topological polar surface area (TPSA) is 21.6 Å². The summed E-state index contributed by atoms with van der Waals surface area (Å²) in [5.74, 6) is 0. The van der Waals surface area contributed by atoms with E-state index < -0.39 is 0 Å². The molecule has 0 heterocycles. The van der Waals surface area contributed by atoms with Crippen molar-refractivity contribution in [2.24, 2.45) is 5.16 Å². The van der Waals surface area contributed by atoms with Crippen molar-refractivity contribution in [2.75, 3.05) is 6.61 Å². The molecule has 1 aromatic rings. The average molecular weight is 240 g/mol. The Hall–Kier alpha value is -1.02. The minimum atomic E-state index is 0.699. The summed E-state index contributed by atoms with van der Waals surface area (Å²) in [6.45, 7) is 2.89. The van der Waals surface area contributed by atoms with Gasteiger partial charge < -0.3 is 4.84 Å². The van der Waals surface area contributed by atoms with Crippen LogP contribution in [0.2, 0.25) is 5.02 Å². The summed E-state index contributed by atoms with van der Waals surface area (Å²) in [6, 6.07) is 7.49. The van der Waals surface area contributed by atoms with Crippen LogP contribution < -0.4 is 0 Å². The lowest BCUT2D eigenvalue weighted by atomic mass is 10.2. The van der Waals surface area contributed by atoms with Crippen LogP contribution in [0.5, 0.6) is 0 Å². The Balaban J connectivity index is 2.14. The van der Waals surface area contributed by atoms with Crippen LogP contribution in [-0.4, -0.2) is 12.8 Å². The van der Waals surface area contributed by atoms with E-state index in [1.807, 2.05) is 24.3 Å². The predicted molar refractivity (Wildman–Crippen MR) is 69.1 cm³/mol. The maximum Gasteiger partial charge on any atom is 0.117 e. The molecule has 0 spiro atoms. The van der Waals surface area contributed by atoms with Gasteiger partial charge in [-0.05, 0) is 30.5 Å². The van der Waals surface area contributed by atoms with Gasteiger partial charge in [0.1, 0.15) is 6.61 Å². The third-order valence-corrected chi connectivity index (χ3v) is 2.49. The molecule has 1 rings (SSSR count). The molecule has 0 bridgehead atoms. The molecule has 0 amide bonds. The van der Waals surface area contributed by atoms with E-state index >= 15 is 0 Å². The smallest absolute Gasteiger partial charge is 0.117 e. The van der Waals surface area contributed by atoms with Gasteiger partial charge in [-0.15, -0.1) is 0 Å². The van der Waals surface area contributed by atoms with Gasteiger partial charge in [-0.1, -0.05) is 48.7 Å². The SMILES string of the molecule is CCCCCCON=Cc1ccc(Cl)cc1. The van der Waals surface area contributed by atoms with Crippen LogP contribution in [-0.2, 0) is 4.84 Å². The molecule has 88 valence electrons. The molecule has 0 radical (unpaired) electrons. The summed E-state index contributed by atoms with van der Waals surface area (Å²) < 4.78 is 0. The highest BCUT2D eigenvalue weighted by atomic mass is 35.5. The number of halogens is 1. The lowest BCUT2D eigenvalue weighted by Crippen LogP contribution is -1.89. The first-order chi connectivity index (χ1) is 7.83. The second-order valence-electron chi connectivity index (χ2n) is 3.68. The summed E-state index contributed by atoms with van der Waals surface area (Å²) in [7, 11) is 0. The van der Waals surface area contributed by atoms with E-state index in [1.165, 1.54) is 19.3 Å². The van der Waals surface area contributed by atoms with Crippen LogP contribution in [0.15, 0.2) is 29.4 Å². The van der Waals surface area contributed by atoms with Gasteiger partial charge in [-0.3, -0.25) is 0 Å². The highest BCUT2D eigenvalue weighted by Crippen LogP contribution is 2.07. The van der Waals surface area contributed by atoms with Gasteiger partial charge in [-0.2, -0.15) is 0 Å². The van der Waals surface area contributed by atoms with Crippen molar-refractivity contribution in [1.82, 2.24) is 0 Å². The van der Waals surface area contributed by atoms with E-state index in [1.54, 1.807) is 6.21 Å². The van der Waals surface area contributed by atoms with Gasteiger partial charge in [0.05, 0.1) is 6.21 Å². The standard InChI is InChI=1S/C13H18ClNO/c1-2-3-4-5-10-16-15-11-12-6-8-13(14)9-7-12/h6-9,11H,2-5,10H2,1H3. The molecule has 0 N–H and O–H groups in total. The van der Waals surface area contributed by atoms with Crippen molar-refractivity contribution in [3.05, 3.63) is 34.9 Å². The molecule has 1 aromatic carbocycles. The first-order valence-corrected chi connectivity index (χ1v) is 6.11. The number of rotatable bonds is 7. The van der Waals surface area contributed by atoms with Crippen molar-refractivity contribution < 1.29 is 4.84 Å². The second-order valence-corrected chi connectivity index (χ2v) is 4.12. The van der Waals surface area contributed by atoms with Crippen LogP contribution in [0.1, 0.15) is 38.2 Å². The van der Waals surface area contributed by atoms with Gasteiger partial charge in [0.2, 0.25) is 0 Å². The summed E-state index contributed by atoms with van der Waals surface area (Å²) in [5, 5.41) is 4.63. The number of nitrogens with zero attached hydrogens (tertiary/aromatic N) is 1. The maximum absolute atomic E-state index is 5.77. The highest BCUT2D eigenvalue weighted by Gasteiger charge is 1.89. The van der Waals surface area contributed by atoms with Crippen molar-refractivity contribution in [3.8, 4) is 0 Å². The molecule has 2 nitrogen and oxygen atoms in total. The molecule has 0 unspecified atom stereocenters. The third-order valence-electron chi connectivity index (χ3n) is 2.24. The van der Waals surface area contributed by atoms with Crippen LogP contribution >= 0.6 is 11.6 Å². The second kappa shape index (κ2) is 8.17. The van der Waals surface area contributed by atoms with E-state index in [2.05, 4.69) is 12.1 Å². The predicted octanol–water partition coefficient (Wildman–Crippen LogP) is 4.27. The number of oxime groups is 1. The molecule has 0 aliphatic rings. The summed E-state index contributed by atoms with van der Waals surface area (Å²) in [4.78, 5) is 5.15. The maximum atomic E-state index is 5.77. The fourth-order valence-electron chi connectivity index (χ4n) is 1.29. The molecule has 0 atom stereocenters. The number of unbranched alkanes of at least 4 members (excludes halogenated alkanes) is 3. The number of hydrogen-bond donors (Lipinski definition) is 0. The quantitative estimate of drug-likeness (QED) is 0.396. The van der Waals surface area contributed by atoms with Gasteiger partial charge in [0, 0.05) is 5.02 Å². The zero-order valence-corrected chi connectivity index (χ0v) is 10.4. The average Bonchev–Trinajstić information content (AvgIpc) is 2.30. The Bertz CT molecular complexity index is 308. The van der Waals surface area contributed by atoms with E-state index in [9.17, 15) is 0 Å². The molecule has 16 heavy (non-hydrogen) atoms. The molecule has 0 saturated carbocycles. The highest BCUT2D eigenvalue weighted by molar-refractivity contribution is 6.30. The molecule has 0 fully saturated rings. The van der Waals surface area contributed by atoms with Crippen molar-refractivity contribution in [2.45, 2.75) is 32.6 Å². The normalized spacial score (nSPS) is 10.9. The number of hydrogen-bond acceptors (Lipinski definition) is 2. The fourth-order valence-corrected chi connectivity index (χ4v) is 1.42. The summed E-state index contributed by atoms with van der Waals surface area (Å²) in [5.41, 5.74) is 0.998.